The molecule has 0 bridgehead atoms. The minimum absolute atomic E-state index is 0.432. The molecule has 24 heavy (non-hydrogen) atoms. The Balaban J connectivity index is 1.43. The molecule has 5 nitrogen and oxygen atoms in total. The van der Waals surface area contributed by atoms with Gasteiger partial charge in [-0.1, -0.05) is 11.8 Å². The minimum Gasteiger partial charge on any atom is -0.390 e. The summed E-state index contributed by atoms with van der Waals surface area (Å²) in [6.45, 7) is 4.76. The predicted octanol–water partition coefficient (Wildman–Crippen LogP) is 3.34. The number of benzene rings is 1. The van der Waals surface area contributed by atoms with Crippen molar-refractivity contribution in [3.63, 3.8) is 0 Å². The fraction of sp³-hybridized carbons (Fsp3) is 0.444. The van der Waals surface area contributed by atoms with Gasteiger partial charge in [-0.2, -0.15) is 0 Å². The van der Waals surface area contributed by atoms with Crippen molar-refractivity contribution < 1.29 is 5.11 Å². The lowest BCUT2D eigenvalue weighted by molar-refractivity contribution is 0.179. The Hall–Kier alpha value is -1.79. The zero-order valence-electron chi connectivity index (χ0n) is 14.0. The average molecular weight is 342 g/mol. The lowest BCUT2D eigenvalue weighted by atomic mass is 10.1. The minimum atomic E-state index is -0.432. The molecule has 3 aromatic rings. The summed E-state index contributed by atoms with van der Waals surface area (Å²) >= 11 is 1.63. The van der Waals surface area contributed by atoms with Gasteiger partial charge in [-0.05, 0) is 49.9 Å². The molecule has 0 radical (unpaired) electrons. The van der Waals surface area contributed by atoms with Crippen molar-refractivity contribution in [2.45, 2.75) is 50.5 Å². The van der Waals surface area contributed by atoms with E-state index < -0.39 is 6.10 Å². The summed E-state index contributed by atoms with van der Waals surface area (Å²) in [4.78, 5) is 8.87. The van der Waals surface area contributed by atoms with Gasteiger partial charge in [-0.25, -0.2) is 9.97 Å². The van der Waals surface area contributed by atoms with E-state index in [9.17, 15) is 5.11 Å². The maximum absolute atomic E-state index is 10.4. The molecule has 1 aliphatic carbocycles. The Morgan fingerprint density at radius 3 is 2.83 bits per heavy atom. The second-order valence-electron chi connectivity index (χ2n) is 6.64. The first-order valence-electron chi connectivity index (χ1n) is 8.37. The van der Waals surface area contributed by atoms with E-state index in [-0.39, 0.29) is 0 Å². The van der Waals surface area contributed by atoms with E-state index in [1.165, 1.54) is 24.0 Å². The first-order chi connectivity index (χ1) is 11.6. The molecule has 4 rings (SSSR count). The summed E-state index contributed by atoms with van der Waals surface area (Å²) in [6.07, 6.45) is 7.77. The molecule has 0 amide bonds. The molecule has 1 saturated carbocycles. The Morgan fingerprint density at radius 2 is 2.04 bits per heavy atom. The van der Waals surface area contributed by atoms with E-state index in [0.29, 0.717) is 18.3 Å². The van der Waals surface area contributed by atoms with Crippen molar-refractivity contribution in [3.8, 4) is 0 Å². The van der Waals surface area contributed by atoms with E-state index >= 15 is 0 Å². The van der Waals surface area contributed by atoms with E-state index in [2.05, 4.69) is 40.5 Å². The number of aromatic nitrogens is 4. The van der Waals surface area contributed by atoms with Crippen LogP contribution in [0.2, 0.25) is 0 Å². The Labute approximate surface area is 145 Å². The van der Waals surface area contributed by atoms with Gasteiger partial charge in [0.25, 0.3) is 0 Å². The molecular weight excluding hydrogens is 320 g/mol. The van der Waals surface area contributed by atoms with Gasteiger partial charge >= 0.3 is 0 Å². The van der Waals surface area contributed by atoms with Crippen molar-refractivity contribution in [1.29, 1.82) is 0 Å². The lowest BCUT2D eigenvalue weighted by Gasteiger charge is -2.13. The van der Waals surface area contributed by atoms with Crippen molar-refractivity contribution in [3.05, 3.63) is 42.0 Å². The van der Waals surface area contributed by atoms with Crippen LogP contribution in [0.5, 0.6) is 0 Å². The molecule has 126 valence electrons. The standard InChI is InChI=1S/C18H22N4OS/c1-12-7-16-17(8-13(12)2)21(11-20-16)9-15(23)10-24-18-19-5-6-22(18)14-3-4-14/h5-8,11,14-15,23H,3-4,9-10H2,1-2H3. The number of hydrogen-bond donors (Lipinski definition) is 1. The predicted molar refractivity (Wildman–Crippen MR) is 96.4 cm³/mol. The van der Waals surface area contributed by atoms with Gasteiger partial charge in [0, 0.05) is 24.2 Å². The number of imidazole rings is 2. The SMILES string of the molecule is Cc1cc2ncn(CC(O)CSc3nccn3C3CC3)c2cc1C. The van der Waals surface area contributed by atoms with E-state index in [1.807, 2.05) is 23.3 Å². The number of thioether (sulfide) groups is 1. The number of nitrogens with zero attached hydrogens (tertiary/aromatic N) is 4. The molecule has 0 aliphatic heterocycles. The molecule has 1 aromatic carbocycles. The highest BCUT2D eigenvalue weighted by molar-refractivity contribution is 7.99. The Bertz CT molecular complexity index is 865. The van der Waals surface area contributed by atoms with E-state index in [4.69, 9.17) is 0 Å². The number of hydrogen-bond acceptors (Lipinski definition) is 4. The number of rotatable bonds is 6. The summed E-state index contributed by atoms with van der Waals surface area (Å²) in [5.41, 5.74) is 4.57. The van der Waals surface area contributed by atoms with Crippen LogP contribution in [0.4, 0.5) is 0 Å². The van der Waals surface area contributed by atoms with Crippen LogP contribution in [0.15, 0.2) is 36.0 Å². The summed E-state index contributed by atoms with van der Waals surface area (Å²) in [7, 11) is 0. The molecule has 1 atom stereocenters. The average Bonchev–Trinajstić information content (AvgIpc) is 3.19. The van der Waals surface area contributed by atoms with Crippen molar-refractivity contribution in [2.75, 3.05) is 5.75 Å². The molecular formula is C18H22N4OS. The molecule has 1 aliphatic rings. The Kier molecular flexibility index (Phi) is 4.10. The molecule has 1 N–H and O–H groups in total. The van der Waals surface area contributed by atoms with Gasteiger partial charge in [-0.3, -0.25) is 0 Å². The van der Waals surface area contributed by atoms with Crippen LogP contribution in [0.25, 0.3) is 11.0 Å². The van der Waals surface area contributed by atoms with Crippen molar-refractivity contribution in [2.24, 2.45) is 0 Å². The van der Waals surface area contributed by atoms with Gasteiger partial charge in [0.1, 0.15) is 0 Å². The number of aliphatic hydroxyl groups excluding tert-OH is 1. The third-order valence-electron chi connectivity index (χ3n) is 4.62. The third-order valence-corrected chi connectivity index (χ3v) is 5.75. The third kappa shape index (κ3) is 3.08. The number of aliphatic hydroxyl groups is 1. The topological polar surface area (TPSA) is 55.9 Å². The molecule has 1 fully saturated rings. The molecule has 2 heterocycles. The maximum atomic E-state index is 10.4. The number of aryl methyl sites for hydroxylation is 2. The second kappa shape index (κ2) is 6.26. The second-order valence-corrected chi connectivity index (χ2v) is 7.62. The van der Waals surface area contributed by atoms with Gasteiger partial charge in [0.2, 0.25) is 0 Å². The van der Waals surface area contributed by atoms with Crippen LogP contribution in [-0.4, -0.2) is 36.1 Å². The Morgan fingerprint density at radius 1 is 1.25 bits per heavy atom. The number of fused-ring (bicyclic) bond motifs is 1. The molecule has 0 spiro atoms. The monoisotopic (exact) mass is 342 g/mol. The summed E-state index contributed by atoms with van der Waals surface area (Å²) in [5.74, 6) is 0.633. The van der Waals surface area contributed by atoms with Crippen LogP contribution in [0.3, 0.4) is 0 Å². The van der Waals surface area contributed by atoms with E-state index in [1.54, 1.807) is 11.8 Å². The quantitative estimate of drug-likeness (QED) is 0.698. The first kappa shape index (κ1) is 15.7. The van der Waals surface area contributed by atoms with E-state index in [0.717, 1.165) is 16.2 Å². The van der Waals surface area contributed by atoms with Gasteiger partial charge in [0.15, 0.2) is 5.16 Å². The van der Waals surface area contributed by atoms with Crippen molar-refractivity contribution in [1.82, 2.24) is 19.1 Å². The van der Waals surface area contributed by atoms with Gasteiger partial charge < -0.3 is 14.2 Å². The van der Waals surface area contributed by atoms with Crippen molar-refractivity contribution >= 4 is 22.8 Å². The van der Waals surface area contributed by atoms with Crippen LogP contribution in [0, 0.1) is 13.8 Å². The van der Waals surface area contributed by atoms with Gasteiger partial charge in [0.05, 0.1) is 30.0 Å². The van der Waals surface area contributed by atoms with Crippen LogP contribution in [0.1, 0.15) is 30.0 Å². The zero-order chi connectivity index (χ0) is 16.7. The highest BCUT2D eigenvalue weighted by atomic mass is 32.2. The summed E-state index contributed by atoms with van der Waals surface area (Å²) < 4.78 is 4.27. The highest BCUT2D eigenvalue weighted by Crippen LogP contribution is 2.37. The molecule has 1 unspecified atom stereocenters. The fourth-order valence-electron chi connectivity index (χ4n) is 2.95. The smallest absolute Gasteiger partial charge is 0.168 e. The van der Waals surface area contributed by atoms with Crippen LogP contribution < -0.4 is 0 Å². The maximum Gasteiger partial charge on any atom is 0.168 e. The fourth-order valence-corrected chi connectivity index (χ4v) is 3.89. The first-order valence-corrected chi connectivity index (χ1v) is 9.36. The lowest BCUT2D eigenvalue weighted by Crippen LogP contribution is -2.18. The largest absolute Gasteiger partial charge is 0.390 e. The highest BCUT2D eigenvalue weighted by Gasteiger charge is 2.25. The molecule has 6 heteroatoms. The summed E-state index contributed by atoms with van der Waals surface area (Å²) in [5, 5.41) is 11.5. The zero-order valence-corrected chi connectivity index (χ0v) is 14.8. The normalized spacial score (nSPS) is 16.0. The summed E-state index contributed by atoms with van der Waals surface area (Å²) in [6, 6.07) is 4.88. The van der Waals surface area contributed by atoms with Gasteiger partial charge in [-0.15, -0.1) is 0 Å². The molecule has 2 aromatic heterocycles. The van der Waals surface area contributed by atoms with Crippen LogP contribution >= 0.6 is 11.8 Å². The molecule has 0 saturated heterocycles. The van der Waals surface area contributed by atoms with Crippen LogP contribution in [-0.2, 0) is 6.54 Å².